The zero-order valence-electron chi connectivity index (χ0n) is 16.1. The highest BCUT2D eigenvalue weighted by Crippen LogP contribution is 2.18. The van der Waals surface area contributed by atoms with Crippen LogP contribution in [0.15, 0.2) is 46.5 Å². The Bertz CT molecular complexity index is 801. The number of guanidine groups is 1. The van der Waals surface area contributed by atoms with E-state index in [1.165, 1.54) is 10.5 Å². The molecule has 27 heavy (non-hydrogen) atoms. The number of hydrogen-bond donors (Lipinski definition) is 1. The lowest BCUT2D eigenvalue weighted by Gasteiger charge is -2.35. The van der Waals surface area contributed by atoms with Crippen LogP contribution in [0.2, 0.25) is 0 Å². The van der Waals surface area contributed by atoms with E-state index in [2.05, 4.69) is 46.6 Å². The van der Waals surface area contributed by atoms with Gasteiger partial charge >= 0.3 is 0 Å². The van der Waals surface area contributed by atoms with E-state index in [0.29, 0.717) is 13.1 Å². The molecule has 1 aromatic heterocycles. The van der Waals surface area contributed by atoms with Crippen molar-refractivity contribution in [2.45, 2.75) is 11.8 Å². The third-order valence-corrected chi connectivity index (χ3v) is 5.42. The molecule has 1 fully saturated rings. The van der Waals surface area contributed by atoms with Crippen molar-refractivity contribution in [3.8, 4) is 0 Å². The lowest BCUT2D eigenvalue weighted by molar-refractivity contribution is -0.120. The number of nitrogens with one attached hydrogen (secondary N) is 1. The molecule has 2 aromatic rings. The Morgan fingerprint density at radius 2 is 2.07 bits per heavy atom. The van der Waals surface area contributed by atoms with Gasteiger partial charge in [-0.15, -0.1) is 11.8 Å². The number of carbonyl (C=O) groups is 1. The molecule has 7 nitrogen and oxygen atoms in total. The summed E-state index contributed by atoms with van der Waals surface area (Å²) in [6, 6.07) is 8.54. The number of amides is 1. The van der Waals surface area contributed by atoms with Gasteiger partial charge in [0.15, 0.2) is 5.96 Å². The third kappa shape index (κ3) is 5.03. The largest absolute Gasteiger partial charge is 0.355 e. The van der Waals surface area contributed by atoms with Crippen molar-refractivity contribution in [1.29, 1.82) is 0 Å². The van der Waals surface area contributed by atoms with E-state index < -0.39 is 0 Å². The van der Waals surface area contributed by atoms with Crippen molar-refractivity contribution < 1.29 is 4.79 Å². The van der Waals surface area contributed by atoms with Gasteiger partial charge in [-0.3, -0.25) is 14.5 Å². The summed E-state index contributed by atoms with van der Waals surface area (Å²) in [4.78, 5) is 21.9. The maximum atomic E-state index is 12.5. The van der Waals surface area contributed by atoms with Gasteiger partial charge in [0.05, 0.1) is 11.9 Å². The van der Waals surface area contributed by atoms with Crippen LogP contribution in [0.1, 0.15) is 5.56 Å². The molecule has 0 spiro atoms. The first-order chi connectivity index (χ1) is 13.1. The normalized spacial score (nSPS) is 15.4. The fourth-order valence-electron chi connectivity index (χ4n) is 2.97. The molecule has 0 radical (unpaired) electrons. The second kappa shape index (κ2) is 8.94. The summed E-state index contributed by atoms with van der Waals surface area (Å²) in [5, 5.41) is 7.51. The summed E-state index contributed by atoms with van der Waals surface area (Å²) >= 11 is 1.81. The van der Waals surface area contributed by atoms with Crippen LogP contribution in [0, 0.1) is 6.92 Å². The van der Waals surface area contributed by atoms with Gasteiger partial charge in [0.1, 0.15) is 6.54 Å². The molecule has 1 aromatic carbocycles. The minimum absolute atomic E-state index is 0.0613. The number of anilines is 1. The molecule has 0 saturated carbocycles. The van der Waals surface area contributed by atoms with Crippen molar-refractivity contribution in [3.05, 3.63) is 42.2 Å². The average molecular weight is 387 g/mol. The number of nitrogens with zero attached hydrogens (tertiary/aromatic N) is 5. The molecule has 1 saturated heterocycles. The molecule has 1 aliphatic heterocycles. The number of hydrogen-bond acceptors (Lipinski definition) is 4. The molecule has 0 aliphatic carbocycles. The molecule has 0 atom stereocenters. The van der Waals surface area contributed by atoms with E-state index in [1.54, 1.807) is 22.8 Å². The van der Waals surface area contributed by atoms with Crippen LogP contribution in [0.5, 0.6) is 0 Å². The van der Waals surface area contributed by atoms with Gasteiger partial charge in [-0.2, -0.15) is 5.10 Å². The zero-order chi connectivity index (χ0) is 19.2. The SMILES string of the molecule is CN=C(NCCSc1ccc(C)cc1)N1CCN(c2cnn(C)c2)C(=O)C1. The number of thioether (sulfide) groups is 1. The number of carbonyl (C=O) groups excluding carboxylic acids is 1. The minimum atomic E-state index is 0.0613. The van der Waals surface area contributed by atoms with E-state index in [-0.39, 0.29) is 5.91 Å². The molecule has 1 amide bonds. The predicted octanol–water partition coefficient (Wildman–Crippen LogP) is 1.74. The molecule has 0 unspecified atom stereocenters. The fraction of sp³-hybridized carbons (Fsp3) is 0.421. The van der Waals surface area contributed by atoms with Gasteiger partial charge in [0.2, 0.25) is 5.91 Å². The Labute approximate surface area is 164 Å². The first-order valence-corrected chi connectivity index (χ1v) is 9.99. The van der Waals surface area contributed by atoms with Crippen molar-refractivity contribution in [2.75, 3.05) is 43.9 Å². The first-order valence-electron chi connectivity index (χ1n) is 9.01. The summed E-state index contributed by atoms with van der Waals surface area (Å²) in [5.41, 5.74) is 2.12. The fourth-order valence-corrected chi connectivity index (χ4v) is 3.74. The number of aromatic nitrogens is 2. The quantitative estimate of drug-likeness (QED) is 0.367. The molecule has 3 rings (SSSR count). The standard InChI is InChI=1S/C19H26N6OS/c1-15-4-6-17(7-5-15)27-11-8-21-19(20-2)24-9-10-25(18(26)14-24)16-12-22-23(3)13-16/h4-7,12-13H,8-11,14H2,1-3H3,(H,20,21). The summed E-state index contributed by atoms with van der Waals surface area (Å²) < 4.78 is 1.71. The van der Waals surface area contributed by atoms with E-state index in [0.717, 1.165) is 30.5 Å². The van der Waals surface area contributed by atoms with Crippen molar-refractivity contribution in [1.82, 2.24) is 20.0 Å². The Hall–Kier alpha value is -2.48. The van der Waals surface area contributed by atoms with Crippen molar-refractivity contribution >= 4 is 29.3 Å². The first kappa shape index (κ1) is 19.3. The summed E-state index contributed by atoms with van der Waals surface area (Å²) in [6.45, 7) is 4.58. The number of benzene rings is 1. The number of aryl methyl sites for hydroxylation is 2. The van der Waals surface area contributed by atoms with Gasteiger partial charge in [-0.25, -0.2) is 0 Å². The third-order valence-electron chi connectivity index (χ3n) is 4.41. The van der Waals surface area contributed by atoms with E-state index >= 15 is 0 Å². The zero-order valence-corrected chi connectivity index (χ0v) is 16.9. The highest BCUT2D eigenvalue weighted by atomic mass is 32.2. The molecule has 0 bridgehead atoms. The second-order valence-corrected chi connectivity index (χ2v) is 7.64. The second-order valence-electron chi connectivity index (χ2n) is 6.47. The molecular weight excluding hydrogens is 360 g/mol. The van der Waals surface area contributed by atoms with Gasteiger partial charge in [0, 0.05) is 50.6 Å². The highest BCUT2D eigenvalue weighted by Gasteiger charge is 2.27. The van der Waals surface area contributed by atoms with Crippen LogP contribution in [0.25, 0.3) is 0 Å². The molecule has 8 heteroatoms. The molecule has 1 aliphatic rings. The Balaban J connectivity index is 1.47. The Morgan fingerprint density at radius 1 is 1.30 bits per heavy atom. The van der Waals surface area contributed by atoms with Crippen molar-refractivity contribution in [2.24, 2.45) is 12.0 Å². The lowest BCUT2D eigenvalue weighted by Crippen LogP contribution is -2.55. The number of rotatable bonds is 5. The van der Waals surface area contributed by atoms with Crippen LogP contribution in [-0.4, -0.2) is 65.5 Å². The molecular formula is C19H26N6OS. The van der Waals surface area contributed by atoms with Crippen LogP contribution in [-0.2, 0) is 11.8 Å². The van der Waals surface area contributed by atoms with Gasteiger partial charge in [0.25, 0.3) is 0 Å². The van der Waals surface area contributed by atoms with Gasteiger partial charge < -0.3 is 15.1 Å². The Kier molecular flexibility index (Phi) is 6.39. The smallest absolute Gasteiger partial charge is 0.246 e. The van der Waals surface area contributed by atoms with E-state index in [9.17, 15) is 4.79 Å². The summed E-state index contributed by atoms with van der Waals surface area (Å²) in [5.74, 6) is 1.77. The number of piperazine rings is 1. The predicted molar refractivity (Wildman–Crippen MR) is 110 cm³/mol. The molecule has 1 N–H and O–H groups in total. The van der Waals surface area contributed by atoms with Crippen LogP contribution >= 0.6 is 11.8 Å². The molecule has 144 valence electrons. The summed E-state index contributed by atoms with van der Waals surface area (Å²) in [7, 11) is 3.61. The highest BCUT2D eigenvalue weighted by molar-refractivity contribution is 7.99. The topological polar surface area (TPSA) is 65.8 Å². The van der Waals surface area contributed by atoms with E-state index in [4.69, 9.17) is 0 Å². The number of aliphatic imine (C=N–C) groups is 1. The summed E-state index contributed by atoms with van der Waals surface area (Å²) in [6.07, 6.45) is 3.59. The van der Waals surface area contributed by atoms with Gasteiger partial charge in [-0.05, 0) is 19.1 Å². The molecule has 2 heterocycles. The van der Waals surface area contributed by atoms with Crippen molar-refractivity contribution in [3.63, 3.8) is 0 Å². The van der Waals surface area contributed by atoms with Crippen LogP contribution in [0.3, 0.4) is 0 Å². The minimum Gasteiger partial charge on any atom is -0.355 e. The van der Waals surface area contributed by atoms with Gasteiger partial charge in [-0.1, -0.05) is 17.7 Å². The maximum absolute atomic E-state index is 12.5. The van der Waals surface area contributed by atoms with Crippen LogP contribution < -0.4 is 10.2 Å². The lowest BCUT2D eigenvalue weighted by atomic mass is 10.2. The Morgan fingerprint density at radius 3 is 2.70 bits per heavy atom. The van der Waals surface area contributed by atoms with Crippen LogP contribution in [0.4, 0.5) is 5.69 Å². The average Bonchev–Trinajstić information content (AvgIpc) is 3.09. The van der Waals surface area contributed by atoms with E-state index in [1.807, 2.05) is 29.9 Å². The monoisotopic (exact) mass is 386 g/mol. The maximum Gasteiger partial charge on any atom is 0.246 e.